The number of nitrogens with one attached hydrogen (secondary N) is 1. The van der Waals surface area contributed by atoms with Crippen LogP contribution in [0.15, 0.2) is 24.3 Å². The molecular formula is C23H30ClN5O3S. The molecule has 1 aliphatic carbocycles. The first kappa shape index (κ1) is 25.0. The van der Waals surface area contributed by atoms with Crippen molar-refractivity contribution in [3.63, 3.8) is 0 Å². The van der Waals surface area contributed by atoms with Gasteiger partial charge in [0.15, 0.2) is 5.69 Å². The predicted molar refractivity (Wildman–Crippen MR) is 130 cm³/mol. The Morgan fingerprint density at radius 1 is 1.21 bits per heavy atom. The van der Waals surface area contributed by atoms with Gasteiger partial charge in [-0.3, -0.25) is 14.4 Å². The van der Waals surface area contributed by atoms with Crippen LogP contribution >= 0.6 is 23.1 Å². The number of nitrogens with two attached hydrogens (primary N) is 2. The maximum Gasteiger partial charge on any atom is 0.270 e. The fourth-order valence-corrected chi connectivity index (χ4v) is 4.96. The highest BCUT2D eigenvalue weighted by Gasteiger charge is 2.39. The maximum absolute atomic E-state index is 13.8. The second kappa shape index (κ2) is 11.0. The zero-order valence-electron chi connectivity index (χ0n) is 18.8. The number of benzene rings is 1. The van der Waals surface area contributed by atoms with Crippen LogP contribution in [0.3, 0.4) is 0 Å². The average molecular weight is 492 g/mol. The molecule has 2 aromatic rings. The van der Waals surface area contributed by atoms with Crippen molar-refractivity contribution in [2.24, 2.45) is 11.7 Å². The number of halogens is 1. The van der Waals surface area contributed by atoms with Crippen LogP contribution in [-0.2, 0) is 4.79 Å². The Balaban J connectivity index is 2.04. The third-order valence-corrected chi connectivity index (χ3v) is 6.94. The molecule has 1 atom stereocenters. The van der Waals surface area contributed by atoms with Crippen molar-refractivity contribution in [2.45, 2.75) is 58.0 Å². The van der Waals surface area contributed by atoms with Gasteiger partial charge < -0.3 is 21.7 Å². The Labute approximate surface area is 202 Å². The normalized spacial score (nSPS) is 14.9. The van der Waals surface area contributed by atoms with Gasteiger partial charge in [0.25, 0.3) is 11.8 Å². The van der Waals surface area contributed by atoms with Crippen molar-refractivity contribution in [2.75, 3.05) is 12.3 Å². The van der Waals surface area contributed by atoms with Crippen molar-refractivity contribution in [1.82, 2.24) is 14.6 Å². The van der Waals surface area contributed by atoms with Crippen LogP contribution in [0.25, 0.3) is 0 Å². The zero-order chi connectivity index (χ0) is 24.1. The van der Waals surface area contributed by atoms with Gasteiger partial charge in [0.05, 0.1) is 5.69 Å². The van der Waals surface area contributed by atoms with E-state index >= 15 is 0 Å². The molecule has 0 aliphatic heterocycles. The van der Waals surface area contributed by atoms with Gasteiger partial charge in [-0.2, -0.15) is 4.37 Å². The minimum atomic E-state index is -0.872. The topological polar surface area (TPSA) is 131 Å². The van der Waals surface area contributed by atoms with Crippen LogP contribution in [0.1, 0.15) is 77.7 Å². The van der Waals surface area contributed by atoms with Gasteiger partial charge in [-0.1, -0.05) is 50.4 Å². The Morgan fingerprint density at radius 3 is 2.39 bits per heavy atom. The molecular weight excluding hydrogens is 462 g/mol. The van der Waals surface area contributed by atoms with Gasteiger partial charge in [0, 0.05) is 17.6 Å². The van der Waals surface area contributed by atoms with Crippen molar-refractivity contribution in [1.29, 1.82) is 0 Å². The van der Waals surface area contributed by atoms with E-state index in [1.54, 1.807) is 29.2 Å². The second-order valence-electron chi connectivity index (χ2n) is 8.72. The van der Waals surface area contributed by atoms with Crippen molar-refractivity contribution < 1.29 is 14.4 Å². The summed E-state index contributed by atoms with van der Waals surface area (Å²) in [7, 11) is 0. The lowest BCUT2D eigenvalue weighted by Crippen LogP contribution is -2.48. The van der Waals surface area contributed by atoms with Gasteiger partial charge in [-0.15, -0.1) is 0 Å². The van der Waals surface area contributed by atoms with Crippen LogP contribution in [0.5, 0.6) is 0 Å². The summed E-state index contributed by atoms with van der Waals surface area (Å²) in [6.45, 7) is 4.67. The van der Waals surface area contributed by atoms with Crippen molar-refractivity contribution in [3.8, 4) is 0 Å². The fourth-order valence-electron chi connectivity index (χ4n) is 4.09. The molecule has 0 unspecified atom stereocenters. The number of primary amides is 1. The van der Waals surface area contributed by atoms with Crippen LogP contribution in [0.4, 0.5) is 5.69 Å². The molecule has 0 saturated heterocycles. The highest BCUT2D eigenvalue weighted by molar-refractivity contribution is 7.09. The minimum Gasteiger partial charge on any atom is -0.395 e. The van der Waals surface area contributed by atoms with Crippen molar-refractivity contribution >= 4 is 46.5 Å². The standard InChI is InChI=1S/C23H30ClN5O3S/c1-13(2)11-12-27-22(31)19(14-7-9-15(24)10-8-14)29(16-5-3-4-6-16)23(32)20-17(25)18(21(26)30)28-33-20/h7-10,13,16,19H,3-6,11-12,25H2,1-2H3,(H2,26,30)(H,27,31)/t19-/m0/s1. The number of nitrogens with zero attached hydrogens (tertiary/aromatic N) is 2. The van der Waals surface area contributed by atoms with Crippen molar-refractivity contribution in [3.05, 3.63) is 45.4 Å². The molecule has 10 heteroatoms. The summed E-state index contributed by atoms with van der Waals surface area (Å²) in [5.41, 5.74) is 11.9. The molecule has 1 fully saturated rings. The Bertz CT molecular complexity index is 1000. The monoisotopic (exact) mass is 491 g/mol. The Hall–Kier alpha value is -2.65. The van der Waals surface area contributed by atoms with Gasteiger partial charge in [0.1, 0.15) is 10.9 Å². The molecule has 1 aliphatic rings. The summed E-state index contributed by atoms with van der Waals surface area (Å²) in [6, 6.07) is 5.91. The third-order valence-electron chi connectivity index (χ3n) is 5.84. The lowest BCUT2D eigenvalue weighted by Gasteiger charge is -2.36. The summed E-state index contributed by atoms with van der Waals surface area (Å²) in [4.78, 5) is 40.7. The molecule has 33 heavy (non-hydrogen) atoms. The maximum atomic E-state index is 13.8. The summed E-state index contributed by atoms with van der Waals surface area (Å²) in [6.07, 6.45) is 4.29. The lowest BCUT2D eigenvalue weighted by molar-refractivity contribution is -0.126. The lowest BCUT2D eigenvalue weighted by atomic mass is 10.00. The first-order valence-corrected chi connectivity index (χ1v) is 12.3. The van der Waals surface area contributed by atoms with Crippen LogP contribution in [0.2, 0.25) is 5.02 Å². The minimum absolute atomic E-state index is 0.0458. The Kier molecular flexibility index (Phi) is 8.31. The molecule has 178 valence electrons. The highest BCUT2D eigenvalue weighted by atomic mass is 35.5. The number of aromatic nitrogens is 1. The van der Waals surface area contributed by atoms with E-state index in [1.165, 1.54) is 0 Å². The second-order valence-corrected chi connectivity index (χ2v) is 9.93. The van der Waals surface area contributed by atoms with E-state index in [9.17, 15) is 14.4 Å². The molecule has 3 rings (SSSR count). The number of hydrogen-bond donors (Lipinski definition) is 3. The fraction of sp³-hybridized carbons (Fsp3) is 0.478. The molecule has 1 aromatic heterocycles. The molecule has 1 saturated carbocycles. The highest BCUT2D eigenvalue weighted by Crippen LogP contribution is 2.35. The van der Waals surface area contributed by atoms with Gasteiger partial charge in [-0.05, 0) is 54.4 Å². The molecule has 1 heterocycles. The largest absolute Gasteiger partial charge is 0.395 e. The van der Waals surface area contributed by atoms with E-state index in [1.807, 2.05) is 0 Å². The molecule has 0 spiro atoms. The number of rotatable bonds is 9. The smallest absolute Gasteiger partial charge is 0.270 e. The molecule has 8 nitrogen and oxygen atoms in total. The van der Waals surface area contributed by atoms with E-state index < -0.39 is 17.9 Å². The van der Waals surface area contributed by atoms with Crippen LogP contribution in [0, 0.1) is 5.92 Å². The molecule has 0 bridgehead atoms. The van der Waals surface area contributed by atoms with Gasteiger partial charge in [0.2, 0.25) is 5.91 Å². The molecule has 3 amide bonds. The first-order valence-electron chi connectivity index (χ1n) is 11.1. The summed E-state index contributed by atoms with van der Waals surface area (Å²) < 4.78 is 3.98. The van der Waals surface area contributed by atoms with Crippen LogP contribution < -0.4 is 16.8 Å². The first-order chi connectivity index (χ1) is 15.7. The average Bonchev–Trinajstić information content (AvgIpc) is 3.42. The molecule has 1 aromatic carbocycles. The number of carbonyl (C=O) groups is 3. The molecule has 5 N–H and O–H groups in total. The van der Waals surface area contributed by atoms with E-state index in [0.717, 1.165) is 43.6 Å². The van der Waals surface area contributed by atoms with Gasteiger partial charge in [-0.25, -0.2) is 0 Å². The number of amides is 3. The summed E-state index contributed by atoms with van der Waals surface area (Å²) in [5.74, 6) is -1.06. The van der Waals surface area contributed by atoms with E-state index in [4.69, 9.17) is 23.1 Å². The van der Waals surface area contributed by atoms with E-state index in [0.29, 0.717) is 23.0 Å². The quantitative estimate of drug-likeness (QED) is 0.491. The number of hydrogen-bond acceptors (Lipinski definition) is 6. The van der Waals surface area contributed by atoms with Gasteiger partial charge >= 0.3 is 0 Å². The third kappa shape index (κ3) is 5.83. The summed E-state index contributed by atoms with van der Waals surface area (Å²) >= 11 is 6.91. The number of carbonyl (C=O) groups excluding carboxylic acids is 3. The Morgan fingerprint density at radius 2 is 1.85 bits per heavy atom. The van der Waals surface area contributed by atoms with E-state index in [-0.39, 0.29) is 28.2 Å². The predicted octanol–water partition coefficient (Wildman–Crippen LogP) is 3.77. The summed E-state index contributed by atoms with van der Waals surface area (Å²) in [5, 5.41) is 3.53. The number of nitrogen functional groups attached to an aromatic ring is 1. The SMILES string of the molecule is CC(C)CCNC(=O)[C@H](c1ccc(Cl)cc1)N(C(=O)c1snc(C(N)=O)c1N)C1CCCC1. The zero-order valence-corrected chi connectivity index (χ0v) is 20.4. The van der Waals surface area contributed by atoms with E-state index in [2.05, 4.69) is 23.5 Å². The van der Waals surface area contributed by atoms with Crippen LogP contribution in [-0.4, -0.2) is 39.6 Å². The number of anilines is 1. The molecule has 0 radical (unpaired) electrons.